The van der Waals surface area contributed by atoms with Crippen LogP contribution in [0.25, 0.3) is 0 Å². The minimum atomic E-state index is -2.06. The van der Waals surface area contributed by atoms with Gasteiger partial charge in [0.2, 0.25) is 12.2 Å². The predicted octanol–water partition coefficient (Wildman–Crippen LogP) is 1.54. The molecule has 0 aliphatic carbocycles. The molecule has 1 saturated heterocycles. The number of alkyl halides is 3. The fraction of sp³-hybridized carbons (Fsp3) is 0.692. The van der Waals surface area contributed by atoms with Gasteiger partial charge in [0, 0.05) is 13.8 Å². The fourth-order valence-electron chi connectivity index (χ4n) is 2.49. The Bertz CT molecular complexity index is 589. The highest BCUT2D eigenvalue weighted by molar-refractivity contribution is 6.76. The maximum Gasteiger partial charge on any atom is 0.303 e. The van der Waals surface area contributed by atoms with Crippen molar-refractivity contribution in [1.82, 2.24) is 0 Å². The van der Waals surface area contributed by atoms with E-state index in [0.29, 0.717) is 0 Å². The Hall–Kier alpha value is -1.09. The van der Waals surface area contributed by atoms with Crippen LogP contribution in [0.4, 0.5) is 0 Å². The highest BCUT2D eigenvalue weighted by Gasteiger charge is 2.56. The van der Waals surface area contributed by atoms with Crippen molar-refractivity contribution in [1.29, 1.82) is 0 Å². The molecule has 11 heteroatoms. The molecule has 0 aromatic rings. The number of aliphatic imine (C=N–C) groups is 1. The summed E-state index contributed by atoms with van der Waals surface area (Å²) < 4.78 is 19.1. The Morgan fingerprint density at radius 2 is 1.67 bits per heavy atom. The van der Waals surface area contributed by atoms with Crippen LogP contribution < -0.4 is 0 Å². The van der Waals surface area contributed by atoms with Gasteiger partial charge in [-0.3, -0.25) is 14.4 Å². The summed E-state index contributed by atoms with van der Waals surface area (Å²) in [6.07, 6.45) is -4.10. The zero-order valence-corrected chi connectivity index (χ0v) is 15.1. The summed E-state index contributed by atoms with van der Waals surface area (Å²) in [6.45, 7) is 3.90. The van der Waals surface area contributed by atoms with Gasteiger partial charge < -0.3 is 18.9 Å². The molecular weight excluding hydrogens is 389 g/mol. The maximum absolute atomic E-state index is 12.4. The first-order chi connectivity index (χ1) is 11.0. The Balaban J connectivity index is 2.38. The fourth-order valence-corrected chi connectivity index (χ4v) is 2.75. The van der Waals surface area contributed by atoms with Crippen LogP contribution in [0, 0.1) is 5.92 Å². The number of hydrogen-bond acceptors (Lipinski definition) is 7. The van der Waals surface area contributed by atoms with Gasteiger partial charge >= 0.3 is 11.9 Å². The summed E-state index contributed by atoms with van der Waals surface area (Å²) in [7, 11) is 0. The molecule has 0 saturated carbocycles. The second-order valence-corrected chi connectivity index (χ2v) is 7.54. The Morgan fingerprint density at radius 1 is 1.12 bits per heavy atom. The van der Waals surface area contributed by atoms with Crippen LogP contribution in [-0.2, 0) is 33.3 Å². The maximum atomic E-state index is 12.4. The van der Waals surface area contributed by atoms with Gasteiger partial charge in [0.1, 0.15) is 5.92 Å². The smallest absolute Gasteiger partial charge is 0.303 e. The molecule has 2 heterocycles. The average Bonchev–Trinajstić information content (AvgIpc) is 2.40. The number of hydrogen-bond donors (Lipinski definition) is 0. The minimum Gasteiger partial charge on any atom is -0.457 e. The largest absolute Gasteiger partial charge is 0.457 e. The number of rotatable bonds is 2. The van der Waals surface area contributed by atoms with Gasteiger partial charge in [0.05, 0.1) is 6.10 Å². The number of fused-ring (bicyclic) bond motifs is 1. The van der Waals surface area contributed by atoms with Crippen LogP contribution in [0.3, 0.4) is 0 Å². The van der Waals surface area contributed by atoms with Crippen LogP contribution in [-0.4, -0.2) is 52.1 Å². The van der Waals surface area contributed by atoms with Crippen LogP contribution in [0.1, 0.15) is 20.8 Å². The molecule has 2 rings (SSSR count). The standard InChI is InChI=1S/C13H14Cl3NO7/c1-4-8(22-5(2)18)9(23-6(3)19)7-10(20)17-12(13(14,15)16)24-11(7)21-4/h4,7-9,11H,1-3H3/t4-,7+,8-,9-,11-/m0/s1. The molecule has 134 valence electrons. The zero-order valence-electron chi connectivity index (χ0n) is 12.8. The molecule has 0 radical (unpaired) electrons. The van der Waals surface area contributed by atoms with E-state index in [1.165, 1.54) is 6.92 Å². The van der Waals surface area contributed by atoms with Crippen molar-refractivity contribution in [3.8, 4) is 0 Å². The third kappa shape index (κ3) is 4.11. The second kappa shape index (κ2) is 7.03. The lowest BCUT2D eigenvalue weighted by Crippen LogP contribution is -2.61. The molecule has 2 aliphatic rings. The molecule has 0 aromatic heterocycles. The van der Waals surface area contributed by atoms with Crippen LogP contribution in [0.15, 0.2) is 4.99 Å². The lowest BCUT2D eigenvalue weighted by atomic mass is 9.89. The van der Waals surface area contributed by atoms with E-state index in [-0.39, 0.29) is 0 Å². The first-order valence-corrected chi connectivity index (χ1v) is 8.00. The highest BCUT2D eigenvalue weighted by atomic mass is 35.6. The second-order valence-electron chi connectivity index (χ2n) is 5.25. The molecule has 0 N–H and O–H groups in total. The molecule has 24 heavy (non-hydrogen) atoms. The quantitative estimate of drug-likeness (QED) is 0.510. The van der Waals surface area contributed by atoms with E-state index in [2.05, 4.69) is 4.99 Å². The Kier molecular flexibility index (Phi) is 5.64. The van der Waals surface area contributed by atoms with Crippen molar-refractivity contribution in [3.05, 3.63) is 0 Å². The topological polar surface area (TPSA) is 100 Å². The molecule has 0 bridgehead atoms. The number of ether oxygens (including phenoxy) is 4. The van der Waals surface area contributed by atoms with Gasteiger partial charge in [-0.05, 0) is 6.92 Å². The van der Waals surface area contributed by atoms with Crippen LogP contribution in [0.2, 0.25) is 0 Å². The summed E-state index contributed by atoms with van der Waals surface area (Å²) in [5.74, 6) is -3.68. The molecule has 1 fully saturated rings. The first-order valence-electron chi connectivity index (χ1n) is 6.87. The van der Waals surface area contributed by atoms with Gasteiger partial charge in [-0.25, -0.2) is 0 Å². The number of esters is 2. The van der Waals surface area contributed by atoms with Gasteiger partial charge in [-0.2, -0.15) is 4.99 Å². The molecule has 5 atom stereocenters. The number of amides is 1. The third-order valence-corrected chi connectivity index (χ3v) is 3.84. The molecule has 1 amide bonds. The Labute approximate surface area is 152 Å². The highest BCUT2D eigenvalue weighted by Crippen LogP contribution is 2.38. The number of nitrogens with zero attached hydrogens (tertiary/aromatic N) is 1. The van der Waals surface area contributed by atoms with E-state index in [1.54, 1.807) is 6.92 Å². The first kappa shape index (κ1) is 19.2. The van der Waals surface area contributed by atoms with E-state index in [0.717, 1.165) is 6.92 Å². The molecule has 8 nitrogen and oxygen atoms in total. The van der Waals surface area contributed by atoms with E-state index in [9.17, 15) is 14.4 Å². The van der Waals surface area contributed by atoms with Crippen molar-refractivity contribution >= 4 is 58.5 Å². The predicted molar refractivity (Wildman–Crippen MR) is 82.8 cm³/mol. The summed E-state index contributed by atoms with van der Waals surface area (Å²) in [5, 5.41) is 0. The van der Waals surface area contributed by atoms with Gasteiger partial charge in [0.25, 0.3) is 9.70 Å². The van der Waals surface area contributed by atoms with E-state index in [4.69, 9.17) is 53.8 Å². The molecule has 0 aromatic carbocycles. The van der Waals surface area contributed by atoms with Crippen LogP contribution >= 0.6 is 34.8 Å². The minimum absolute atomic E-state index is 0.446. The van der Waals surface area contributed by atoms with Crippen molar-refractivity contribution in [2.45, 2.75) is 49.2 Å². The molecule has 0 unspecified atom stereocenters. The number of halogens is 3. The van der Waals surface area contributed by atoms with Gasteiger partial charge in [0.15, 0.2) is 12.2 Å². The Morgan fingerprint density at radius 3 is 2.17 bits per heavy atom. The lowest BCUT2D eigenvalue weighted by molar-refractivity contribution is -0.261. The lowest BCUT2D eigenvalue weighted by Gasteiger charge is -2.44. The molecular formula is C13H14Cl3NO7. The van der Waals surface area contributed by atoms with Crippen molar-refractivity contribution < 1.29 is 33.3 Å². The van der Waals surface area contributed by atoms with Crippen molar-refractivity contribution in [2.24, 2.45) is 10.9 Å². The summed E-state index contributed by atoms with van der Waals surface area (Å²) in [4.78, 5) is 38.6. The van der Waals surface area contributed by atoms with E-state index >= 15 is 0 Å². The van der Waals surface area contributed by atoms with E-state index < -0.39 is 58.1 Å². The number of carbonyl (C=O) groups excluding carboxylic acids is 3. The molecule has 0 spiro atoms. The van der Waals surface area contributed by atoms with Gasteiger partial charge in [-0.15, -0.1) is 0 Å². The van der Waals surface area contributed by atoms with Gasteiger partial charge in [-0.1, -0.05) is 34.8 Å². The average molecular weight is 403 g/mol. The third-order valence-electron chi connectivity index (χ3n) is 3.35. The SMILES string of the molecule is CC(=O)O[C@@H]1[C@@H](OC(C)=O)[C@H](C)O[C@H]2OC(C(Cl)(Cl)Cl)=NC(=O)[C@H]21. The van der Waals surface area contributed by atoms with Crippen molar-refractivity contribution in [2.75, 3.05) is 0 Å². The number of carbonyl (C=O) groups is 3. The van der Waals surface area contributed by atoms with Crippen LogP contribution in [0.5, 0.6) is 0 Å². The van der Waals surface area contributed by atoms with Crippen molar-refractivity contribution in [3.63, 3.8) is 0 Å². The normalized spacial score (nSPS) is 33.0. The summed E-state index contributed by atoms with van der Waals surface area (Å²) >= 11 is 17.0. The summed E-state index contributed by atoms with van der Waals surface area (Å²) in [5.41, 5.74) is 0. The summed E-state index contributed by atoms with van der Waals surface area (Å²) in [6, 6.07) is 0. The zero-order chi connectivity index (χ0) is 18.2. The molecule has 2 aliphatic heterocycles. The monoisotopic (exact) mass is 401 g/mol. The van der Waals surface area contributed by atoms with E-state index in [1.807, 2.05) is 0 Å².